The van der Waals surface area contributed by atoms with Gasteiger partial charge in [0.05, 0.1) is 30.4 Å². The number of aryl methyl sites for hydroxylation is 2. The van der Waals surface area contributed by atoms with Gasteiger partial charge in [0.1, 0.15) is 12.1 Å². The van der Waals surface area contributed by atoms with Gasteiger partial charge in [-0.3, -0.25) is 9.58 Å². The molecule has 0 bridgehead atoms. The summed E-state index contributed by atoms with van der Waals surface area (Å²) in [5.74, 6) is 1.77. The number of para-hydroxylation sites is 1. The van der Waals surface area contributed by atoms with E-state index in [0.717, 1.165) is 74.1 Å². The number of carbonyl (C=O) groups is 1. The number of hydrogen-bond donors (Lipinski definition) is 1. The second-order valence-electron chi connectivity index (χ2n) is 11.1. The molecule has 3 aliphatic rings. The summed E-state index contributed by atoms with van der Waals surface area (Å²) in [6, 6.07) is 10.8. The summed E-state index contributed by atoms with van der Waals surface area (Å²) in [6.45, 7) is 4.50. The molecule has 1 aromatic carbocycles. The zero-order valence-corrected chi connectivity index (χ0v) is 21.8. The molecule has 2 saturated heterocycles. The van der Waals surface area contributed by atoms with Gasteiger partial charge in [0, 0.05) is 36.3 Å². The van der Waals surface area contributed by atoms with Crippen molar-refractivity contribution >= 4 is 23.0 Å². The van der Waals surface area contributed by atoms with Gasteiger partial charge in [-0.05, 0) is 69.0 Å². The maximum absolute atomic E-state index is 12.4. The number of nitrogens with one attached hydrogen (secondary N) is 1. The normalized spacial score (nSPS) is 22.7. The highest BCUT2D eigenvalue weighted by molar-refractivity contribution is 5.85. The summed E-state index contributed by atoms with van der Waals surface area (Å²) in [6.07, 6.45) is 13.5. The molecule has 6 rings (SSSR count). The second kappa shape index (κ2) is 11.3. The summed E-state index contributed by atoms with van der Waals surface area (Å²) in [4.78, 5) is 19.6. The van der Waals surface area contributed by atoms with Crippen LogP contribution in [0.3, 0.4) is 0 Å². The average Bonchev–Trinajstić information content (AvgIpc) is 3.70. The molecule has 0 amide bonds. The van der Waals surface area contributed by atoms with E-state index < -0.39 is 0 Å². The van der Waals surface area contributed by atoms with E-state index in [0.29, 0.717) is 12.5 Å². The third kappa shape index (κ3) is 5.30. The number of nitrogens with zero attached hydrogens (tertiary/aromatic N) is 4. The molecule has 196 valence electrons. The molecule has 0 saturated carbocycles. The lowest BCUT2D eigenvalue weighted by atomic mass is 9.99. The Bertz CT molecular complexity index is 1220. The Labute approximate surface area is 219 Å². The Kier molecular flexibility index (Phi) is 7.51. The summed E-state index contributed by atoms with van der Waals surface area (Å²) in [5.41, 5.74) is 4.77. The zero-order valence-electron chi connectivity index (χ0n) is 21.8. The number of unbranched alkanes of at least 4 members (excludes halogenated alkanes) is 2. The highest BCUT2D eigenvalue weighted by Crippen LogP contribution is 2.34. The molecule has 3 atom stereocenters. The number of rotatable bonds is 10. The second-order valence-corrected chi connectivity index (χ2v) is 11.1. The molecule has 2 aromatic heterocycles. The largest absolute Gasteiger partial charge is 0.379 e. The third-order valence-corrected chi connectivity index (χ3v) is 8.56. The van der Waals surface area contributed by atoms with Gasteiger partial charge in [0.2, 0.25) is 0 Å². The molecule has 1 N–H and O–H groups in total. The van der Waals surface area contributed by atoms with E-state index in [2.05, 4.69) is 45.2 Å². The van der Waals surface area contributed by atoms with Gasteiger partial charge in [-0.2, -0.15) is 5.10 Å². The molecule has 0 spiro atoms. The number of aldehydes is 1. The maximum atomic E-state index is 12.4. The summed E-state index contributed by atoms with van der Waals surface area (Å²) >= 11 is 0. The van der Waals surface area contributed by atoms with Gasteiger partial charge in [0.25, 0.3) is 0 Å². The topological polar surface area (TPSA) is 72.3 Å². The molecule has 0 aliphatic carbocycles. The fourth-order valence-electron chi connectivity index (χ4n) is 6.49. The molecule has 7 heteroatoms. The van der Waals surface area contributed by atoms with Crippen LogP contribution in [0.25, 0.3) is 10.9 Å². The number of likely N-dealkylation sites (tertiary alicyclic amines) is 1. The van der Waals surface area contributed by atoms with Crippen LogP contribution >= 0.6 is 0 Å². The van der Waals surface area contributed by atoms with Crippen LogP contribution in [0.15, 0.2) is 36.5 Å². The van der Waals surface area contributed by atoms with Crippen LogP contribution in [-0.4, -0.2) is 58.8 Å². The molecule has 2 fully saturated rings. The lowest BCUT2D eigenvalue weighted by molar-refractivity contribution is -0.112. The first-order chi connectivity index (χ1) is 18.3. The predicted molar refractivity (Wildman–Crippen MR) is 146 cm³/mol. The number of carbonyl (C=O) groups excluding carboxylic acids is 1. The highest BCUT2D eigenvalue weighted by Gasteiger charge is 2.31. The predicted octanol–water partition coefficient (Wildman–Crippen LogP) is 5.12. The van der Waals surface area contributed by atoms with E-state index in [4.69, 9.17) is 14.8 Å². The molecule has 5 heterocycles. The summed E-state index contributed by atoms with van der Waals surface area (Å²) in [7, 11) is 0. The number of benzene rings is 1. The highest BCUT2D eigenvalue weighted by atomic mass is 16.5. The minimum Gasteiger partial charge on any atom is -0.379 e. The first kappa shape index (κ1) is 24.6. The summed E-state index contributed by atoms with van der Waals surface area (Å²) in [5, 5.41) is 9.24. The molecular weight excluding hydrogens is 462 g/mol. The van der Waals surface area contributed by atoms with Crippen molar-refractivity contribution < 1.29 is 9.53 Å². The number of fused-ring (bicyclic) bond motifs is 2. The Hall–Kier alpha value is -2.77. The van der Waals surface area contributed by atoms with Crippen LogP contribution in [0.1, 0.15) is 73.9 Å². The number of hydrogen-bond acceptors (Lipinski definition) is 6. The molecule has 3 aliphatic heterocycles. The van der Waals surface area contributed by atoms with Gasteiger partial charge >= 0.3 is 0 Å². The fraction of sp³-hybridized carbons (Fsp3) is 0.567. The smallest absolute Gasteiger partial charge is 0.141 e. The van der Waals surface area contributed by atoms with E-state index in [1.165, 1.54) is 49.8 Å². The van der Waals surface area contributed by atoms with Gasteiger partial charge in [0.15, 0.2) is 0 Å². The number of aromatic nitrogens is 3. The number of anilines is 1. The van der Waals surface area contributed by atoms with Crippen molar-refractivity contribution in [3.8, 4) is 0 Å². The Morgan fingerprint density at radius 2 is 2.14 bits per heavy atom. The van der Waals surface area contributed by atoms with E-state index >= 15 is 0 Å². The van der Waals surface area contributed by atoms with Crippen LogP contribution in [0.5, 0.6) is 0 Å². The third-order valence-electron chi connectivity index (χ3n) is 8.56. The molecule has 7 nitrogen and oxygen atoms in total. The quantitative estimate of drug-likeness (QED) is 0.307. The van der Waals surface area contributed by atoms with Crippen molar-refractivity contribution in [3.05, 3.63) is 53.3 Å². The van der Waals surface area contributed by atoms with Crippen molar-refractivity contribution in [1.82, 2.24) is 19.7 Å². The number of pyridine rings is 1. The minimum absolute atomic E-state index is 0.213. The maximum Gasteiger partial charge on any atom is 0.141 e. The first-order valence-electron chi connectivity index (χ1n) is 14.3. The molecule has 37 heavy (non-hydrogen) atoms. The van der Waals surface area contributed by atoms with E-state index in [9.17, 15) is 4.79 Å². The average molecular weight is 502 g/mol. The van der Waals surface area contributed by atoms with Crippen LogP contribution < -0.4 is 5.32 Å². The molecular formula is C30H39N5O2. The first-order valence-corrected chi connectivity index (χ1v) is 14.3. The zero-order chi connectivity index (χ0) is 25.0. The van der Waals surface area contributed by atoms with Crippen molar-refractivity contribution in [2.45, 2.75) is 69.9 Å². The lowest BCUT2D eigenvalue weighted by Crippen LogP contribution is -2.28. The molecule has 0 radical (unpaired) electrons. The Balaban J connectivity index is 1.02. The number of ether oxygens (including phenoxy) is 1. The van der Waals surface area contributed by atoms with E-state index in [1.54, 1.807) is 0 Å². The van der Waals surface area contributed by atoms with Gasteiger partial charge in [-0.1, -0.05) is 37.1 Å². The van der Waals surface area contributed by atoms with Gasteiger partial charge in [-0.25, -0.2) is 4.98 Å². The molecule has 3 aromatic rings. The van der Waals surface area contributed by atoms with Crippen molar-refractivity contribution in [2.75, 3.05) is 38.2 Å². The van der Waals surface area contributed by atoms with Crippen LogP contribution in [0.4, 0.5) is 5.82 Å². The van der Waals surface area contributed by atoms with Gasteiger partial charge < -0.3 is 14.8 Å². The van der Waals surface area contributed by atoms with Crippen molar-refractivity contribution in [1.29, 1.82) is 0 Å². The minimum atomic E-state index is -0.213. The fourth-order valence-corrected chi connectivity index (χ4v) is 6.49. The Morgan fingerprint density at radius 1 is 1.16 bits per heavy atom. The Morgan fingerprint density at radius 3 is 3.03 bits per heavy atom. The lowest BCUT2D eigenvalue weighted by Gasteiger charge is -2.25. The van der Waals surface area contributed by atoms with Crippen molar-refractivity contribution in [2.24, 2.45) is 5.92 Å². The summed E-state index contributed by atoms with van der Waals surface area (Å²) < 4.78 is 7.73. The van der Waals surface area contributed by atoms with E-state index in [-0.39, 0.29) is 12.1 Å². The van der Waals surface area contributed by atoms with Gasteiger partial charge in [-0.15, -0.1) is 0 Å². The molecule has 0 unspecified atom stereocenters. The monoisotopic (exact) mass is 501 g/mol. The van der Waals surface area contributed by atoms with Crippen molar-refractivity contribution in [3.63, 3.8) is 0 Å². The SMILES string of the molecule is O=C[C@H](c1cccc2cnn([C@H]3CCOC3)c12)N1CC[C@@H](CCCCCc2ccc3c(n2)NCCC3)C1. The van der Waals surface area contributed by atoms with Crippen LogP contribution in [-0.2, 0) is 22.4 Å². The van der Waals surface area contributed by atoms with E-state index in [1.807, 2.05) is 6.20 Å². The standard InChI is InChI=1S/C30H39N5O2/c36-20-28(27-10-4-7-24-18-32-35(29(24)27)26-14-17-37-21-26)34-16-13-22(19-34)6-2-1-3-9-25-12-11-23-8-5-15-31-30(23)33-25/h4,7,10-12,18,20,22,26,28H,1-3,5-6,8-9,13-17,19,21H2,(H,31,33)/t22-,26+,28-/m1/s1. The van der Waals surface area contributed by atoms with Crippen LogP contribution in [0, 0.1) is 5.92 Å². The van der Waals surface area contributed by atoms with Crippen LogP contribution in [0.2, 0.25) is 0 Å².